The Morgan fingerprint density at radius 2 is 0.857 bits per heavy atom. The highest BCUT2D eigenvalue weighted by atomic mass is 16.3. The Hall–Kier alpha value is -8.68. The van der Waals surface area contributed by atoms with E-state index in [-0.39, 0.29) is 0 Å². The van der Waals surface area contributed by atoms with Gasteiger partial charge in [-0.3, -0.25) is 4.98 Å². The smallest absolute Gasteiger partial charge is 0.164 e. The molecule has 0 saturated carbocycles. The van der Waals surface area contributed by atoms with Gasteiger partial charge in [0.1, 0.15) is 33.5 Å². The highest BCUT2D eigenvalue weighted by Gasteiger charge is 2.22. The van der Waals surface area contributed by atoms with Crippen LogP contribution in [0.4, 0.5) is 0 Å². The summed E-state index contributed by atoms with van der Waals surface area (Å²) in [5, 5.41) is 6.37. The van der Waals surface area contributed by atoms with Crippen molar-refractivity contribution < 1.29 is 13.3 Å². The van der Waals surface area contributed by atoms with E-state index in [0.717, 1.165) is 116 Å². The molecule has 8 aromatic carbocycles. The van der Waals surface area contributed by atoms with Crippen molar-refractivity contribution in [2.24, 2.45) is 0 Å². The maximum Gasteiger partial charge on any atom is 0.164 e. The number of fused-ring (bicyclic) bond motifs is 9. The monoisotopic (exact) mass is 808 g/mol. The van der Waals surface area contributed by atoms with E-state index < -0.39 is 0 Å². The van der Waals surface area contributed by atoms with Crippen LogP contribution >= 0.6 is 0 Å². The molecule has 0 amide bonds. The minimum atomic E-state index is 0.545. The average Bonchev–Trinajstić information content (AvgIpc) is 4.06. The van der Waals surface area contributed by atoms with E-state index in [0.29, 0.717) is 17.5 Å². The van der Waals surface area contributed by atoms with Crippen LogP contribution in [0.1, 0.15) is 0 Å². The van der Waals surface area contributed by atoms with Crippen molar-refractivity contribution in [2.75, 3.05) is 0 Å². The van der Waals surface area contributed by atoms with Gasteiger partial charge in [0.25, 0.3) is 0 Å². The number of aromatic nitrogens is 4. The number of rotatable bonds is 6. The van der Waals surface area contributed by atoms with Crippen LogP contribution in [0.15, 0.2) is 208 Å². The quantitative estimate of drug-likeness (QED) is 0.165. The minimum absolute atomic E-state index is 0.545. The summed E-state index contributed by atoms with van der Waals surface area (Å²) in [4.78, 5) is 19.8. The highest BCUT2D eigenvalue weighted by molar-refractivity contribution is 6.19. The SMILES string of the molecule is c1cncc(-c2ccccc2-c2nc(-c3ccc(-c4ccc(-c5cccc6c5oc5ccccc56)c5oc6ccccc6c45)cc3)nc(-c3ccc4c(c3)oc3ccccc34)n2)c1. The molecular weight excluding hydrogens is 777 g/mol. The van der Waals surface area contributed by atoms with E-state index in [4.69, 9.17) is 28.2 Å². The van der Waals surface area contributed by atoms with E-state index in [1.807, 2.05) is 79.0 Å². The molecule has 0 atom stereocenters. The lowest BCUT2D eigenvalue weighted by molar-refractivity contribution is 0.665. The fourth-order valence-electron chi connectivity index (χ4n) is 9.11. The van der Waals surface area contributed by atoms with E-state index in [2.05, 4.69) is 114 Å². The molecule has 13 rings (SSSR count). The van der Waals surface area contributed by atoms with E-state index in [1.165, 1.54) is 0 Å². The molecular formula is C56H32N4O3. The molecule has 0 radical (unpaired) electrons. The number of furan rings is 3. The lowest BCUT2D eigenvalue weighted by atomic mass is 9.93. The molecule has 0 aliphatic rings. The number of hydrogen-bond acceptors (Lipinski definition) is 7. The molecule has 0 fully saturated rings. The Balaban J connectivity index is 0.959. The van der Waals surface area contributed by atoms with Crippen molar-refractivity contribution in [3.8, 4) is 67.5 Å². The summed E-state index contributed by atoms with van der Waals surface area (Å²) in [6.45, 7) is 0. The summed E-state index contributed by atoms with van der Waals surface area (Å²) in [6.07, 6.45) is 3.64. The first-order valence-corrected chi connectivity index (χ1v) is 20.9. The molecule has 0 aliphatic carbocycles. The molecule has 63 heavy (non-hydrogen) atoms. The molecule has 0 unspecified atom stereocenters. The molecule has 0 spiro atoms. The number of benzene rings is 8. The first-order valence-electron chi connectivity index (χ1n) is 20.9. The number of pyridine rings is 1. The Morgan fingerprint density at radius 3 is 1.65 bits per heavy atom. The van der Waals surface area contributed by atoms with Crippen molar-refractivity contribution in [3.05, 3.63) is 194 Å². The summed E-state index contributed by atoms with van der Waals surface area (Å²) >= 11 is 0. The van der Waals surface area contributed by atoms with E-state index in [9.17, 15) is 0 Å². The largest absolute Gasteiger partial charge is 0.456 e. The maximum atomic E-state index is 6.73. The lowest BCUT2D eigenvalue weighted by Crippen LogP contribution is -2.01. The Bertz CT molecular complexity index is 3920. The first kappa shape index (κ1) is 35.1. The van der Waals surface area contributed by atoms with E-state index >= 15 is 0 Å². The van der Waals surface area contributed by atoms with Crippen molar-refractivity contribution in [1.29, 1.82) is 0 Å². The van der Waals surface area contributed by atoms with E-state index in [1.54, 1.807) is 6.20 Å². The Morgan fingerprint density at radius 1 is 0.302 bits per heavy atom. The van der Waals surface area contributed by atoms with Gasteiger partial charge in [-0.05, 0) is 59.2 Å². The van der Waals surface area contributed by atoms with Gasteiger partial charge in [-0.1, -0.05) is 140 Å². The molecule has 294 valence electrons. The van der Waals surface area contributed by atoms with Crippen LogP contribution in [0, 0.1) is 0 Å². The summed E-state index contributed by atoms with van der Waals surface area (Å²) in [5.74, 6) is 1.66. The van der Waals surface area contributed by atoms with Crippen LogP contribution in [0.3, 0.4) is 0 Å². The fourth-order valence-corrected chi connectivity index (χ4v) is 9.11. The summed E-state index contributed by atoms with van der Waals surface area (Å²) < 4.78 is 19.5. The summed E-state index contributed by atoms with van der Waals surface area (Å²) in [6, 6.07) is 61.9. The second-order valence-corrected chi connectivity index (χ2v) is 15.7. The summed E-state index contributed by atoms with van der Waals surface area (Å²) in [7, 11) is 0. The number of nitrogens with zero attached hydrogens (tertiary/aromatic N) is 4. The van der Waals surface area contributed by atoms with Crippen molar-refractivity contribution >= 4 is 65.8 Å². The minimum Gasteiger partial charge on any atom is -0.456 e. The molecule has 7 nitrogen and oxygen atoms in total. The fraction of sp³-hybridized carbons (Fsp3) is 0. The number of hydrogen-bond donors (Lipinski definition) is 0. The molecule has 0 aliphatic heterocycles. The van der Waals surface area contributed by atoms with Crippen LogP contribution < -0.4 is 0 Å². The molecule has 0 saturated heterocycles. The van der Waals surface area contributed by atoms with Gasteiger partial charge in [0.15, 0.2) is 17.5 Å². The van der Waals surface area contributed by atoms with Gasteiger partial charge in [-0.25, -0.2) is 15.0 Å². The number of para-hydroxylation sites is 4. The second-order valence-electron chi connectivity index (χ2n) is 15.7. The van der Waals surface area contributed by atoms with Crippen molar-refractivity contribution in [3.63, 3.8) is 0 Å². The van der Waals surface area contributed by atoms with Crippen LogP contribution in [-0.4, -0.2) is 19.9 Å². The third-order valence-electron chi connectivity index (χ3n) is 12.1. The zero-order valence-corrected chi connectivity index (χ0v) is 33.5. The third-order valence-corrected chi connectivity index (χ3v) is 12.1. The van der Waals surface area contributed by atoms with Gasteiger partial charge in [0, 0.05) is 78.1 Å². The molecule has 5 heterocycles. The van der Waals surface area contributed by atoms with Gasteiger partial charge >= 0.3 is 0 Å². The lowest BCUT2D eigenvalue weighted by Gasteiger charge is -2.12. The first-order chi connectivity index (χ1) is 31.2. The topological polar surface area (TPSA) is 91.0 Å². The predicted octanol–water partition coefficient (Wildman–Crippen LogP) is 15.0. The highest BCUT2D eigenvalue weighted by Crippen LogP contribution is 2.45. The van der Waals surface area contributed by atoms with Crippen molar-refractivity contribution in [2.45, 2.75) is 0 Å². The maximum absolute atomic E-state index is 6.73. The zero-order valence-electron chi connectivity index (χ0n) is 33.5. The van der Waals surface area contributed by atoms with Crippen LogP contribution in [0.5, 0.6) is 0 Å². The third kappa shape index (κ3) is 5.67. The Kier molecular flexibility index (Phi) is 7.77. The van der Waals surface area contributed by atoms with Crippen LogP contribution in [-0.2, 0) is 0 Å². The average molecular weight is 809 g/mol. The van der Waals surface area contributed by atoms with Gasteiger partial charge in [0.2, 0.25) is 0 Å². The molecule has 5 aromatic heterocycles. The standard InChI is InChI=1S/C56H32N4O3/c1-2-15-45(37(12-1)36-11-10-30-57-32-36)56-59-54(58-55(60-56)35-26-27-41-39-13-3-6-19-47(39)61-50(41)31-35)34-24-22-33(23-25-34)38-28-29-44(53-51(38)46-16-5-8-21-49(46)63-53)43-18-9-17-42-40-14-4-7-20-48(40)62-52(42)43/h1-32H. The molecule has 0 bridgehead atoms. The Labute approximate surface area is 359 Å². The van der Waals surface area contributed by atoms with Gasteiger partial charge in [0.05, 0.1) is 0 Å². The predicted molar refractivity (Wildman–Crippen MR) is 252 cm³/mol. The second kappa shape index (κ2) is 13.9. The summed E-state index contributed by atoms with van der Waals surface area (Å²) in [5.41, 5.74) is 13.5. The molecule has 7 heteroatoms. The molecule has 13 aromatic rings. The van der Waals surface area contributed by atoms with Gasteiger partial charge in [-0.15, -0.1) is 0 Å². The van der Waals surface area contributed by atoms with Crippen molar-refractivity contribution in [1.82, 2.24) is 19.9 Å². The normalized spacial score (nSPS) is 11.8. The zero-order chi connectivity index (χ0) is 41.4. The van der Waals surface area contributed by atoms with Crippen LogP contribution in [0.25, 0.3) is 133 Å². The van der Waals surface area contributed by atoms with Gasteiger partial charge < -0.3 is 13.3 Å². The van der Waals surface area contributed by atoms with Crippen LogP contribution in [0.2, 0.25) is 0 Å². The molecule has 0 N–H and O–H groups in total. The van der Waals surface area contributed by atoms with Gasteiger partial charge in [-0.2, -0.15) is 0 Å².